The second-order valence-electron chi connectivity index (χ2n) is 7.30. The quantitative estimate of drug-likeness (QED) is 0.822. The molecule has 0 radical (unpaired) electrons. The summed E-state index contributed by atoms with van der Waals surface area (Å²) in [5, 5.41) is 2.70. The zero-order valence-corrected chi connectivity index (χ0v) is 15.5. The van der Waals surface area contributed by atoms with Gasteiger partial charge in [-0.3, -0.25) is 9.59 Å². The molecule has 1 aromatic heterocycles. The number of likely N-dealkylation sites (tertiary alicyclic amines) is 1. The zero-order valence-electron chi connectivity index (χ0n) is 15.5. The number of carbonyl (C=O) groups is 2. The number of hydrogen-bond acceptors (Lipinski definition) is 4. The summed E-state index contributed by atoms with van der Waals surface area (Å²) < 4.78 is 41.0. The molecule has 28 heavy (non-hydrogen) atoms. The Balaban J connectivity index is 1.56. The molecule has 2 aliphatic rings. The summed E-state index contributed by atoms with van der Waals surface area (Å²) in [4.78, 5) is 30.9. The summed E-state index contributed by atoms with van der Waals surface area (Å²) >= 11 is 0. The molecule has 1 aromatic rings. The molecule has 1 aliphatic heterocycles. The number of hydrogen-bond donors (Lipinski definition) is 1. The monoisotopic (exact) mass is 399 g/mol. The maximum absolute atomic E-state index is 12.8. The Hall–Kier alpha value is -2.32. The van der Waals surface area contributed by atoms with Crippen LogP contribution in [0, 0.1) is 5.92 Å². The number of ether oxygens (including phenoxy) is 1. The van der Waals surface area contributed by atoms with Gasteiger partial charge < -0.3 is 15.0 Å². The number of pyridine rings is 1. The Kier molecular flexibility index (Phi) is 6.41. The van der Waals surface area contributed by atoms with E-state index in [9.17, 15) is 22.8 Å². The Bertz CT molecular complexity index is 688. The molecule has 0 spiro atoms. The van der Waals surface area contributed by atoms with Crippen LogP contribution in [0.25, 0.3) is 0 Å². The van der Waals surface area contributed by atoms with Crippen molar-refractivity contribution in [3.63, 3.8) is 0 Å². The van der Waals surface area contributed by atoms with E-state index in [2.05, 4.69) is 15.0 Å². The predicted octanol–water partition coefficient (Wildman–Crippen LogP) is 3.53. The molecule has 1 saturated heterocycles. The molecule has 9 heteroatoms. The number of nitrogens with zero attached hydrogens (tertiary/aromatic N) is 2. The first-order valence-corrected chi connectivity index (χ1v) is 9.60. The van der Waals surface area contributed by atoms with Crippen molar-refractivity contribution in [2.75, 3.05) is 18.5 Å². The van der Waals surface area contributed by atoms with Gasteiger partial charge in [0.25, 0.3) is 0 Å². The molecule has 3 rings (SSSR count). The second-order valence-corrected chi connectivity index (χ2v) is 7.30. The fraction of sp³-hybridized carbons (Fsp3) is 0.632. The summed E-state index contributed by atoms with van der Waals surface area (Å²) in [6.07, 6.45) is 3.20. The fourth-order valence-electron chi connectivity index (χ4n) is 3.81. The molecule has 1 atom stereocenters. The molecular formula is C19H24F3N3O3. The molecule has 1 saturated carbocycles. The minimum absolute atomic E-state index is 0.00822. The van der Waals surface area contributed by atoms with Crippen LogP contribution in [0.5, 0.6) is 5.88 Å². The fourth-order valence-corrected chi connectivity index (χ4v) is 3.81. The van der Waals surface area contributed by atoms with Crippen molar-refractivity contribution in [1.82, 2.24) is 9.88 Å². The van der Waals surface area contributed by atoms with E-state index in [1.807, 2.05) is 0 Å². The molecule has 154 valence electrons. The lowest BCUT2D eigenvalue weighted by atomic mass is 9.88. The van der Waals surface area contributed by atoms with E-state index in [1.54, 1.807) is 4.90 Å². The normalized spacial score (nSPS) is 20.8. The number of amides is 2. The molecule has 2 heterocycles. The largest absolute Gasteiger partial charge is 0.468 e. The number of nitrogens with one attached hydrogen (secondary N) is 1. The van der Waals surface area contributed by atoms with Crippen LogP contribution in [0.4, 0.5) is 18.9 Å². The summed E-state index contributed by atoms with van der Waals surface area (Å²) in [6.45, 7) is -0.845. The van der Waals surface area contributed by atoms with E-state index in [0.29, 0.717) is 18.7 Å². The molecule has 1 aliphatic carbocycles. The van der Waals surface area contributed by atoms with Gasteiger partial charge in [0.05, 0.1) is 11.9 Å². The zero-order chi connectivity index (χ0) is 20.1. The number of halogens is 3. The Labute approximate surface area is 161 Å². The molecule has 0 unspecified atom stereocenters. The average Bonchev–Trinajstić information content (AvgIpc) is 3.17. The molecule has 2 amide bonds. The molecule has 1 N–H and O–H groups in total. The highest BCUT2D eigenvalue weighted by molar-refractivity contribution is 5.97. The lowest BCUT2D eigenvalue weighted by Gasteiger charge is -2.30. The summed E-state index contributed by atoms with van der Waals surface area (Å²) in [5.74, 6) is -0.405. The van der Waals surface area contributed by atoms with Gasteiger partial charge in [-0.15, -0.1) is 0 Å². The van der Waals surface area contributed by atoms with Crippen LogP contribution in [-0.4, -0.2) is 47.1 Å². The molecular weight excluding hydrogens is 375 g/mol. The highest BCUT2D eigenvalue weighted by Crippen LogP contribution is 2.29. The van der Waals surface area contributed by atoms with Crippen LogP contribution in [0.2, 0.25) is 0 Å². The minimum atomic E-state index is -4.44. The van der Waals surface area contributed by atoms with Crippen LogP contribution in [0.3, 0.4) is 0 Å². The van der Waals surface area contributed by atoms with Gasteiger partial charge in [-0.1, -0.05) is 19.3 Å². The second kappa shape index (κ2) is 8.79. The van der Waals surface area contributed by atoms with E-state index >= 15 is 0 Å². The van der Waals surface area contributed by atoms with E-state index in [0.717, 1.165) is 38.5 Å². The molecule has 0 aromatic carbocycles. The Morgan fingerprint density at radius 1 is 1.14 bits per heavy atom. The lowest BCUT2D eigenvalue weighted by Crippen LogP contribution is -2.46. The predicted molar refractivity (Wildman–Crippen MR) is 95.7 cm³/mol. The number of anilines is 1. The Morgan fingerprint density at radius 2 is 1.89 bits per heavy atom. The highest BCUT2D eigenvalue weighted by Gasteiger charge is 2.37. The Morgan fingerprint density at radius 3 is 2.54 bits per heavy atom. The van der Waals surface area contributed by atoms with Crippen LogP contribution in [0.15, 0.2) is 18.3 Å². The molecule has 2 fully saturated rings. The van der Waals surface area contributed by atoms with E-state index < -0.39 is 18.8 Å². The van der Waals surface area contributed by atoms with E-state index in [-0.39, 0.29) is 23.6 Å². The van der Waals surface area contributed by atoms with Crippen molar-refractivity contribution >= 4 is 17.5 Å². The van der Waals surface area contributed by atoms with Crippen LogP contribution in [0.1, 0.15) is 44.9 Å². The van der Waals surface area contributed by atoms with Gasteiger partial charge in [-0.05, 0) is 31.7 Å². The van der Waals surface area contributed by atoms with Crippen molar-refractivity contribution in [2.45, 2.75) is 57.2 Å². The van der Waals surface area contributed by atoms with Gasteiger partial charge >= 0.3 is 6.18 Å². The summed E-state index contributed by atoms with van der Waals surface area (Å²) in [7, 11) is 0. The first-order valence-electron chi connectivity index (χ1n) is 9.60. The number of carbonyl (C=O) groups excluding carboxylic acids is 2. The van der Waals surface area contributed by atoms with Gasteiger partial charge in [0.15, 0.2) is 6.61 Å². The molecule has 6 nitrogen and oxygen atoms in total. The smallest absolute Gasteiger partial charge is 0.422 e. The van der Waals surface area contributed by atoms with E-state index in [1.165, 1.54) is 18.3 Å². The molecule has 0 bridgehead atoms. The first-order chi connectivity index (χ1) is 13.3. The third-order valence-corrected chi connectivity index (χ3v) is 5.18. The maximum Gasteiger partial charge on any atom is 0.422 e. The first kappa shape index (κ1) is 20.4. The van der Waals surface area contributed by atoms with Crippen LogP contribution >= 0.6 is 0 Å². The van der Waals surface area contributed by atoms with Gasteiger partial charge in [-0.2, -0.15) is 13.2 Å². The van der Waals surface area contributed by atoms with Gasteiger partial charge in [0.2, 0.25) is 17.7 Å². The van der Waals surface area contributed by atoms with Gasteiger partial charge in [-0.25, -0.2) is 4.98 Å². The number of aromatic nitrogens is 1. The SMILES string of the molecule is O=C(Nc1ccc(OCC(F)(F)F)nc1)[C@H]1CCCN1C(=O)C1CCCCC1. The van der Waals surface area contributed by atoms with E-state index in [4.69, 9.17) is 0 Å². The lowest BCUT2D eigenvalue weighted by molar-refractivity contribution is -0.154. The summed E-state index contributed by atoms with van der Waals surface area (Å²) in [5.41, 5.74) is 0.348. The average molecular weight is 399 g/mol. The summed E-state index contributed by atoms with van der Waals surface area (Å²) in [6, 6.07) is 2.18. The van der Waals surface area contributed by atoms with Crippen LogP contribution < -0.4 is 10.1 Å². The van der Waals surface area contributed by atoms with Crippen molar-refractivity contribution in [2.24, 2.45) is 5.92 Å². The minimum Gasteiger partial charge on any atom is -0.468 e. The van der Waals surface area contributed by atoms with Crippen molar-refractivity contribution in [1.29, 1.82) is 0 Å². The maximum atomic E-state index is 12.8. The van der Waals surface area contributed by atoms with Gasteiger partial charge in [0, 0.05) is 18.5 Å². The third-order valence-electron chi connectivity index (χ3n) is 5.18. The van der Waals surface area contributed by atoms with Gasteiger partial charge in [0.1, 0.15) is 6.04 Å². The highest BCUT2D eigenvalue weighted by atomic mass is 19.4. The number of rotatable bonds is 5. The number of alkyl halides is 3. The van der Waals surface area contributed by atoms with Crippen molar-refractivity contribution < 1.29 is 27.5 Å². The topological polar surface area (TPSA) is 71.5 Å². The van der Waals surface area contributed by atoms with Crippen molar-refractivity contribution in [3.8, 4) is 5.88 Å². The third kappa shape index (κ3) is 5.36. The van der Waals surface area contributed by atoms with Crippen molar-refractivity contribution in [3.05, 3.63) is 18.3 Å². The van der Waals surface area contributed by atoms with Crippen LogP contribution in [-0.2, 0) is 9.59 Å². The standard InChI is InChI=1S/C19H24F3N3O3/c20-19(21,22)12-28-16-9-8-14(11-23-16)24-17(26)15-7-4-10-25(15)18(27)13-5-2-1-3-6-13/h8-9,11,13,15H,1-7,10,12H2,(H,24,26)/t15-/m1/s1.